The van der Waals surface area contributed by atoms with E-state index in [0.717, 1.165) is 12.8 Å². The summed E-state index contributed by atoms with van der Waals surface area (Å²) in [6, 6.07) is 4.81. The number of ether oxygens (including phenoxy) is 2. The lowest BCUT2D eigenvalue weighted by atomic mass is 10.2. The monoisotopic (exact) mass is 468 g/mol. The summed E-state index contributed by atoms with van der Waals surface area (Å²) in [5, 5.41) is 5.83. The van der Waals surface area contributed by atoms with Gasteiger partial charge in [-0.1, -0.05) is 0 Å². The van der Waals surface area contributed by atoms with Gasteiger partial charge in [-0.2, -0.15) is 4.31 Å². The number of nitrogens with one attached hydrogen (secondary N) is 2. The number of likely N-dealkylation sites (N-methyl/N-ethyl adjacent to an activating group) is 1. The number of morpholine rings is 1. The van der Waals surface area contributed by atoms with E-state index in [0.29, 0.717) is 37.7 Å². The van der Waals surface area contributed by atoms with E-state index in [-0.39, 0.29) is 41.9 Å². The van der Waals surface area contributed by atoms with Crippen molar-refractivity contribution in [3.63, 3.8) is 0 Å². The van der Waals surface area contributed by atoms with Crippen molar-refractivity contribution in [1.29, 1.82) is 0 Å². The predicted octanol–water partition coefficient (Wildman–Crippen LogP) is 0.644. The molecule has 0 radical (unpaired) electrons. The van der Waals surface area contributed by atoms with Crippen LogP contribution in [-0.4, -0.2) is 88.0 Å². The first-order valence-corrected chi connectivity index (χ1v) is 12.3. The highest BCUT2D eigenvalue weighted by Crippen LogP contribution is 2.30. The summed E-state index contributed by atoms with van der Waals surface area (Å²) in [6.07, 6.45) is 1.82. The molecule has 2 fully saturated rings. The van der Waals surface area contributed by atoms with Crippen LogP contribution in [0.4, 0.5) is 5.69 Å². The Labute approximate surface area is 189 Å². The standard InChI is InChI=1S/C21H32N4O6S/c1-15(2)31-19-7-6-17(32(28,29)25-8-10-30-11-9-25)12-18(19)22-13-21(27)24(3)14-20(26)23-16-4-5-16/h6-7,12,15-16,22H,4-5,8-11,13-14H2,1-3H3,(H,23,26). The molecule has 178 valence electrons. The van der Waals surface area contributed by atoms with Crippen molar-refractivity contribution < 1.29 is 27.5 Å². The highest BCUT2D eigenvalue weighted by molar-refractivity contribution is 7.89. The lowest BCUT2D eigenvalue weighted by Crippen LogP contribution is -2.41. The number of rotatable bonds is 10. The summed E-state index contributed by atoms with van der Waals surface area (Å²) in [7, 11) is -2.14. The van der Waals surface area contributed by atoms with Crippen LogP contribution in [0.5, 0.6) is 5.75 Å². The molecule has 0 unspecified atom stereocenters. The molecule has 2 aliphatic rings. The summed E-state index contributed by atoms with van der Waals surface area (Å²) in [5.41, 5.74) is 0.400. The van der Waals surface area contributed by atoms with Gasteiger partial charge in [0.2, 0.25) is 21.8 Å². The van der Waals surface area contributed by atoms with Gasteiger partial charge in [0.25, 0.3) is 0 Å². The summed E-state index contributed by atoms with van der Waals surface area (Å²) in [6.45, 7) is 4.88. The van der Waals surface area contributed by atoms with Crippen molar-refractivity contribution in [3.05, 3.63) is 18.2 Å². The van der Waals surface area contributed by atoms with Crippen LogP contribution in [0.25, 0.3) is 0 Å². The molecule has 10 nitrogen and oxygen atoms in total. The first-order chi connectivity index (χ1) is 15.2. The molecule has 0 atom stereocenters. The van der Waals surface area contributed by atoms with E-state index in [9.17, 15) is 18.0 Å². The summed E-state index contributed by atoms with van der Waals surface area (Å²) < 4.78 is 38.5. The Bertz CT molecular complexity index is 926. The van der Waals surface area contributed by atoms with E-state index >= 15 is 0 Å². The number of amides is 2. The SMILES string of the molecule is CC(C)Oc1ccc(S(=O)(=O)N2CCOCC2)cc1NCC(=O)N(C)CC(=O)NC1CC1. The summed E-state index contributed by atoms with van der Waals surface area (Å²) >= 11 is 0. The van der Waals surface area contributed by atoms with Crippen LogP contribution >= 0.6 is 0 Å². The molecule has 11 heteroatoms. The Morgan fingerprint density at radius 1 is 1.25 bits per heavy atom. The fourth-order valence-corrected chi connectivity index (χ4v) is 4.65. The van der Waals surface area contributed by atoms with Gasteiger partial charge in [-0.05, 0) is 44.9 Å². The molecule has 1 aliphatic heterocycles. The van der Waals surface area contributed by atoms with Gasteiger partial charge in [-0.3, -0.25) is 9.59 Å². The van der Waals surface area contributed by atoms with Gasteiger partial charge in [-0.25, -0.2) is 8.42 Å². The second-order valence-corrected chi connectivity index (χ2v) is 10.2. The van der Waals surface area contributed by atoms with Gasteiger partial charge in [0.15, 0.2) is 0 Å². The molecule has 2 N–H and O–H groups in total. The van der Waals surface area contributed by atoms with Gasteiger partial charge in [-0.15, -0.1) is 0 Å². The van der Waals surface area contributed by atoms with Crippen LogP contribution in [0, 0.1) is 0 Å². The molecule has 1 saturated carbocycles. The van der Waals surface area contributed by atoms with E-state index in [2.05, 4.69) is 10.6 Å². The third-order valence-electron chi connectivity index (χ3n) is 5.10. The van der Waals surface area contributed by atoms with Gasteiger partial charge in [0.05, 0.1) is 43.0 Å². The molecule has 1 heterocycles. The average molecular weight is 469 g/mol. The zero-order valence-electron chi connectivity index (χ0n) is 18.8. The maximum atomic E-state index is 13.0. The summed E-state index contributed by atoms with van der Waals surface area (Å²) in [4.78, 5) is 25.9. The van der Waals surface area contributed by atoms with E-state index in [1.54, 1.807) is 13.1 Å². The lowest BCUT2D eigenvalue weighted by molar-refractivity contribution is -0.133. The first kappa shape index (κ1) is 24.3. The third-order valence-corrected chi connectivity index (χ3v) is 7.00. The number of carbonyl (C=O) groups excluding carboxylic acids is 2. The predicted molar refractivity (Wildman–Crippen MR) is 119 cm³/mol. The smallest absolute Gasteiger partial charge is 0.243 e. The number of nitrogens with zero attached hydrogens (tertiary/aromatic N) is 2. The third kappa shape index (κ3) is 6.57. The second-order valence-electron chi connectivity index (χ2n) is 8.29. The fraction of sp³-hybridized carbons (Fsp3) is 0.619. The van der Waals surface area contributed by atoms with E-state index in [1.165, 1.54) is 21.3 Å². The van der Waals surface area contributed by atoms with Gasteiger partial charge >= 0.3 is 0 Å². The highest BCUT2D eigenvalue weighted by atomic mass is 32.2. The van der Waals surface area contributed by atoms with Gasteiger partial charge in [0.1, 0.15) is 5.75 Å². The number of benzene rings is 1. The van der Waals surface area contributed by atoms with Crippen molar-refractivity contribution in [2.75, 3.05) is 51.8 Å². The van der Waals surface area contributed by atoms with Crippen molar-refractivity contribution in [2.45, 2.75) is 43.7 Å². The van der Waals surface area contributed by atoms with Crippen molar-refractivity contribution in [2.24, 2.45) is 0 Å². The van der Waals surface area contributed by atoms with Crippen molar-refractivity contribution in [1.82, 2.24) is 14.5 Å². The Hall–Kier alpha value is -2.37. The maximum absolute atomic E-state index is 13.0. The fourth-order valence-electron chi connectivity index (χ4n) is 3.21. The maximum Gasteiger partial charge on any atom is 0.243 e. The molecular formula is C21H32N4O6S. The Kier molecular flexibility index (Phi) is 7.96. The molecule has 1 aliphatic carbocycles. The number of carbonyl (C=O) groups is 2. The molecule has 1 aromatic carbocycles. The Balaban J connectivity index is 1.70. The minimum atomic E-state index is -3.70. The van der Waals surface area contributed by atoms with Gasteiger partial charge in [0, 0.05) is 26.2 Å². The molecule has 3 rings (SSSR count). The molecule has 2 amide bonds. The molecule has 0 bridgehead atoms. The molecule has 1 aromatic rings. The first-order valence-electron chi connectivity index (χ1n) is 10.8. The zero-order valence-corrected chi connectivity index (χ0v) is 19.6. The van der Waals surface area contributed by atoms with Crippen LogP contribution in [-0.2, 0) is 24.3 Å². The Morgan fingerprint density at radius 2 is 1.94 bits per heavy atom. The van der Waals surface area contributed by atoms with Crippen LogP contribution in [0.3, 0.4) is 0 Å². The molecule has 0 aromatic heterocycles. The van der Waals surface area contributed by atoms with Crippen molar-refractivity contribution in [3.8, 4) is 5.75 Å². The summed E-state index contributed by atoms with van der Waals surface area (Å²) in [5.74, 6) is -0.0403. The minimum Gasteiger partial charge on any atom is -0.489 e. The number of hydrogen-bond acceptors (Lipinski definition) is 7. The van der Waals surface area contributed by atoms with Gasteiger partial charge < -0.3 is 25.0 Å². The number of sulfonamides is 1. The van der Waals surface area contributed by atoms with Crippen LogP contribution < -0.4 is 15.4 Å². The minimum absolute atomic E-state index is 0.0299. The van der Waals surface area contributed by atoms with Crippen LogP contribution in [0.15, 0.2) is 23.1 Å². The Morgan fingerprint density at radius 3 is 2.56 bits per heavy atom. The quantitative estimate of drug-likeness (QED) is 0.518. The second kappa shape index (κ2) is 10.5. The number of anilines is 1. The number of hydrogen-bond donors (Lipinski definition) is 2. The largest absolute Gasteiger partial charge is 0.489 e. The average Bonchev–Trinajstić information content (AvgIpc) is 3.56. The molecule has 0 spiro atoms. The van der Waals surface area contributed by atoms with E-state index in [1.807, 2.05) is 13.8 Å². The topological polar surface area (TPSA) is 117 Å². The van der Waals surface area contributed by atoms with Crippen LogP contribution in [0.1, 0.15) is 26.7 Å². The normalized spacial score (nSPS) is 17.1. The van der Waals surface area contributed by atoms with Crippen molar-refractivity contribution >= 4 is 27.5 Å². The van der Waals surface area contributed by atoms with Crippen LogP contribution in [0.2, 0.25) is 0 Å². The highest BCUT2D eigenvalue weighted by Gasteiger charge is 2.28. The lowest BCUT2D eigenvalue weighted by Gasteiger charge is -2.26. The molecular weight excluding hydrogens is 436 g/mol. The molecule has 1 saturated heterocycles. The molecule has 32 heavy (non-hydrogen) atoms. The van der Waals surface area contributed by atoms with E-state index < -0.39 is 10.0 Å². The zero-order chi connectivity index (χ0) is 23.3. The van der Waals surface area contributed by atoms with E-state index in [4.69, 9.17) is 9.47 Å².